The van der Waals surface area contributed by atoms with Crippen LogP contribution in [-0.2, 0) is 0 Å². The number of likely N-dealkylation sites (tertiary alicyclic amines) is 1. The largest absolute Gasteiger partial charge is 0.342 e. The van der Waals surface area contributed by atoms with Crippen LogP contribution in [0.5, 0.6) is 0 Å². The molecule has 1 atom stereocenters. The van der Waals surface area contributed by atoms with Crippen molar-refractivity contribution in [2.75, 3.05) is 32.1 Å². The zero-order valence-corrected chi connectivity index (χ0v) is 22.1. The lowest BCUT2D eigenvalue weighted by molar-refractivity contribution is 0.0791. The summed E-state index contributed by atoms with van der Waals surface area (Å²) in [6, 6.07) is 9.57. The molecule has 0 unspecified atom stereocenters. The normalized spacial score (nSPS) is 14.0. The van der Waals surface area contributed by atoms with Crippen molar-refractivity contribution in [2.45, 2.75) is 32.2 Å². The van der Waals surface area contributed by atoms with E-state index < -0.39 is 6.04 Å². The first kappa shape index (κ1) is 26.8. The van der Waals surface area contributed by atoms with E-state index in [1.54, 1.807) is 36.4 Å². The molecule has 1 aliphatic heterocycles. The molecule has 0 bridgehead atoms. The average molecular weight is 545 g/mol. The van der Waals surface area contributed by atoms with E-state index in [1.165, 1.54) is 0 Å². The highest BCUT2D eigenvalue weighted by Crippen LogP contribution is 2.23. The van der Waals surface area contributed by atoms with Crippen LogP contribution in [0.2, 0.25) is 5.02 Å². The first-order chi connectivity index (χ1) is 17.9. The number of carbonyl (C=O) groups is 3. The number of amides is 4. The zero-order valence-electron chi connectivity index (χ0n) is 20.6. The van der Waals surface area contributed by atoms with Gasteiger partial charge in [-0.2, -0.15) is 0 Å². The van der Waals surface area contributed by atoms with E-state index in [0.717, 1.165) is 37.0 Å². The third kappa shape index (κ3) is 6.72. The molecule has 9 nitrogen and oxygen atoms in total. The molecule has 3 aromatic rings. The molecule has 0 aliphatic carbocycles. The van der Waals surface area contributed by atoms with Crippen molar-refractivity contribution in [3.63, 3.8) is 0 Å². The number of rotatable bonds is 9. The van der Waals surface area contributed by atoms with E-state index in [-0.39, 0.29) is 17.8 Å². The summed E-state index contributed by atoms with van der Waals surface area (Å²) in [7, 11) is 0. The number of hydrogen-bond donors (Lipinski definition) is 4. The monoisotopic (exact) mass is 544 g/mol. The Bertz CT molecular complexity index is 1290. The second-order valence-electron chi connectivity index (χ2n) is 9.00. The smallest absolute Gasteiger partial charge is 0.314 e. The Kier molecular flexibility index (Phi) is 8.89. The van der Waals surface area contributed by atoms with Gasteiger partial charge in [0.25, 0.3) is 11.8 Å². The molecule has 196 valence electrons. The van der Waals surface area contributed by atoms with Gasteiger partial charge in [0.05, 0.1) is 17.1 Å². The first-order valence-corrected chi connectivity index (χ1v) is 13.2. The van der Waals surface area contributed by atoms with Gasteiger partial charge in [0, 0.05) is 48.2 Å². The second-order valence-corrected chi connectivity index (χ2v) is 9.81. The van der Waals surface area contributed by atoms with Crippen molar-refractivity contribution >= 4 is 52.1 Å². The molecule has 0 saturated carbocycles. The summed E-state index contributed by atoms with van der Waals surface area (Å²) < 4.78 is 0. The molecule has 4 amide bonds. The molecular weight excluding hydrogens is 515 g/mol. The number of hydrogen-bond acceptors (Lipinski definition) is 4. The fourth-order valence-corrected chi connectivity index (χ4v) is 4.64. The highest BCUT2D eigenvalue weighted by Gasteiger charge is 2.23. The van der Waals surface area contributed by atoms with Gasteiger partial charge >= 0.3 is 6.03 Å². The quantitative estimate of drug-likeness (QED) is 0.302. The molecule has 1 fully saturated rings. The Hall–Kier alpha value is -3.30. The number of imidazole rings is 1. The van der Waals surface area contributed by atoms with E-state index >= 15 is 0 Å². The minimum atomic E-state index is -0.516. The number of urea groups is 1. The average Bonchev–Trinajstić information content (AvgIpc) is 3.56. The van der Waals surface area contributed by atoms with Crippen LogP contribution < -0.4 is 16.0 Å². The number of aryl methyl sites for hydroxylation is 1. The maximum atomic E-state index is 13.2. The van der Waals surface area contributed by atoms with Gasteiger partial charge < -0.3 is 25.8 Å². The van der Waals surface area contributed by atoms with Crippen molar-refractivity contribution in [1.82, 2.24) is 30.8 Å². The van der Waals surface area contributed by atoms with Gasteiger partial charge in [-0.15, -0.1) is 11.6 Å². The molecular formula is C26H30Cl2N6O3. The van der Waals surface area contributed by atoms with E-state index in [1.807, 2.05) is 11.8 Å². The number of aromatic nitrogens is 2. The fourth-order valence-electron chi connectivity index (χ4n) is 4.37. The van der Waals surface area contributed by atoms with E-state index in [0.29, 0.717) is 52.9 Å². The lowest BCUT2D eigenvalue weighted by Gasteiger charge is -2.19. The zero-order chi connectivity index (χ0) is 26.4. The van der Waals surface area contributed by atoms with Crippen LogP contribution in [0, 0.1) is 6.92 Å². The third-order valence-electron chi connectivity index (χ3n) is 6.31. The molecule has 4 rings (SSSR count). The topological polar surface area (TPSA) is 119 Å². The Morgan fingerprint density at radius 3 is 2.57 bits per heavy atom. The van der Waals surface area contributed by atoms with Crippen molar-refractivity contribution in [3.8, 4) is 0 Å². The molecule has 4 N–H and O–H groups in total. The van der Waals surface area contributed by atoms with Gasteiger partial charge in [0.2, 0.25) is 0 Å². The molecule has 1 aromatic heterocycles. The molecule has 2 heterocycles. The Balaban J connectivity index is 1.50. The molecule has 37 heavy (non-hydrogen) atoms. The number of H-pyrrole nitrogens is 1. The number of nitrogens with zero attached hydrogens (tertiary/aromatic N) is 2. The van der Waals surface area contributed by atoms with Crippen LogP contribution in [-0.4, -0.2) is 64.8 Å². The van der Waals surface area contributed by atoms with Crippen molar-refractivity contribution < 1.29 is 14.4 Å². The molecule has 11 heteroatoms. The SMILES string of the molecule is Cc1cc(C(=O)N[C@@H](CCNC(=O)NCCCl)c2nc3ccc(Cl)cc3[nH]2)ccc1C(=O)N1CCCC1. The molecule has 1 aliphatic rings. The Morgan fingerprint density at radius 2 is 1.84 bits per heavy atom. The van der Waals surface area contributed by atoms with Gasteiger partial charge in [-0.05, 0) is 68.1 Å². The molecule has 0 spiro atoms. The van der Waals surface area contributed by atoms with Crippen molar-refractivity contribution in [3.05, 3.63) is 63.9 Å². The number of fused-ring (bicyclic) bond motifs is 1. The number of halogens is 2. The Labute approximate surface area is 225 Å². The van der Waals surface area contributed by atoms with Crippen molar-refractivity contribution in [1.29, 1.82) is 0 Å². The third-order valence-corrected chi connectivity index (χ3v) is 6.73. The number of aromatic amines is 1. The van der Waals surface area contributed by atoms with E-state index in [9.17, 15) is 14.4 Å². The Morgan fingerprint density at radius 1 is 1.08 bits per heavy atom. The first-order valence-electron chi connectivity index (χ1n) is 12.3. The van der Waals surface area contributed by atoms with Gasteiger partial charge in [-0.25, -0.2) is 9.78 Å². The summed E-state index contributed by atoms with van der Waals surface area (Å²) in [6.45, 7) is 4.02. The summed E-state index contributed by atoms with van der Waals surface area (Å²) in [5.74, 6) is 0.555. The van der Waals surface area contributed by atoms with Gasteiger partial charge in [0.1, 0.15) is 5.82 Å². The lowest BCUT2D eigenvalue weighted by Crippen LogP contribution is -2.39. The standard InChI is InChI=1S/C26H30Cl2N6O3/c1-16-14-17(4-6-19(16)25(36)34-12-2-3-13-34)24(35)33-21(8-10-29-26(37)30-11-9-27)23-31-20-7-5-18(28)15-22(20)32-23/h4-7,14-15,21H,2-3,8-13H2,1H3,(H,31,32)(H,33,35)(H2,29,30,37)/t21-/m0/s1. The predicted molar refractivity (Wildman–Crippen MR) is 144 cm³/mol. The minimum absolute atomic E-state index is 0.000658. The summed E-state index contributed by atoms with van der Waals surface area (Å²) in [5, 5.41) is 9.00. The minimum Gasteiger partial charge on any atom is -0.342 e. The maximum Gasteiger partial charge on any atom is 0.314 e. The maximum absolute atomic E-state index is 13.2. The van der Waals surface area contributed by atoms with Crippen LogP contribution in [0.4, 0.5) is 4.79 Å². The highest BCUT2D eigenvalue weighted by atomic mass is 35.5. The molecule has 0 radical (unpaired) electrons. The number of benzene rings is 2. The highest BCUT2D eigenvalue weighted by molar-refractivity contribution is 6.31. The number of alkyl halides is 1. The van der Waals surface area contributed by atoms with Crippen LogP contribution in [0.25, 0.3) is 11.0 Å². The summed E-state index contributed by atoms with van der Waals surface area (Å²) in [6.07, 6.45) is 2.42. The van der Waals surface area contributed by atoms with Crippen LogP contribution >= 0.6 is 23.2 Å². The lowest BCUT2D eigenvalue weighted by atomic mass is 10.0. The van der Waals surface area contributed by atoms with Crippen LogP contribution in [0.15, 0.2) is 36.4 Å². The second kappa shape index (κ2) is 12.3. The fraction of sp³-hybridized carbons (Fsp3) is 0.385. The molecule has 2 aromatic carbocycles. The van der Waals surface area contributed by atoms with Crippen molar-refractivity contribution in [2.24, 2.45) is 0 Å². The van der Waals surface area contributed by atoms with E-state index in [4.69, 9.17) is 23.2 Å². The summed E-state index contributed by atoms with van der Waals surface area (Å²) in [5.41, 5.74) is 3.25. The van der Waals surface area contributed by atoms with Gasteiger partial charge in [-0.1, -0.05) is 11.6 Å². The predicted octanol–water partition coefficient (Wildman–Crippen LogP) is 4.16. The van der Waals surface area contributed by atoms with Gasteiger partial charge in [0.15, 0.2) is 0 Å². The number of nitrogens with one attached hydrogen (secondary N) is 4. The summed E-state index contributed by atoms with van der Waals surface area (Å²) in [4.78, 5) is 47.7. The van der Waals surface area contributed by atoms with Crippen LogP contribution in [0.3, 0.4) is 0 Å². The van der Waals surface area contributed by atoms with Crippen LogP contribution in [0.1, 0.15) is 57.4 Å². The van der Waals surface area contributed by atoms with E-state index in [2.05, 4.69) is 25.9 Å². The summed E-state index contributed by atoms with van der Waals surface area (Å²) >= 11 is 11.7. The molecule has 1 saturated heterocycles. The van der Waals surface area contributed by atoms with Gasteiger partial charge in [-0.3, -0.25) is 9.59 Å². The number of carbonyl (C=O) groups excluding carboxylic acids is 3.